The second kappa shape index (κ2) is 4.85. The molecule has 0 heterocycles. The maximum absolute atomic E-state index is 11.0. The highest BCUT2D eigenvalue weighted by Gasteiger charge is 2.15. The Balaban J connectivity index is 3.53. The van der Waals surface area contributed by atoms with Gasteiger partial charge in [-0.05, 0) is 27.2 Å². The molecule has 0 rings (SSSR count). The predicted octanol–water partition coefficient (Wildman–Crippen LogP) is 1.87. The van der Waals surface area contributed by atoms with Gasteiger partial charge in [0.15, 0.2) is 0 Å². The molecule has 0 amide bonds. The van der Waals surface area contributed by atoms with E-state index in [1.807, 2.05) is 20.8 Å². The maximum atomic E-state index is 11.0. The molecule has 0 fully saturated rings. The van der Waals surface area contributed by atoms with Gasteiger partial charge in [-0.15, -0.1) is 0 Å². The van der Waals surface area contributed by atoms with Gasteiger partial charge in [0, 0.05) is 6.42 Å². The summed E-state index contributed by atoms with van der Waals surface area (Å²) in [5, 5.41) is 2.65. The summed E-state index contributed by atoms with van der Waals surface area (Å²) < 4.78 is 5.00. The van der Waals surface area contributed by atoms with Crippen LogP contribution in [0, 0.1) is 4.91 Å². The lowest BCUT2D eigenvalue weighted by atomic mass is 10.2. The molecule has 12 heavy (non-hydrogen) atoms. The van der Waals surface area contributed by atoms with Crippen LogP contribution in [0.5, 0.6) is 0 Å². The third kappa shape index (κ3) is 7.18. The van der Waals surface area contributed by atoms with Crippen LogP contribution in [-0.4, -0.2) is 18.1 Å². The Bertz CT molecular complexity index is 160. The highest BCUT2D eigenvalue weighted by molar-refractivity contribution is 5.69. The smallest absolute Gasteiger partial charge is 0.306 e. The van der Waals surface area contributed by atoms with E-state index in [-0.39, 0.29) is 18.9 Å². The summed E-state index contributed by atoms with van der Waals surface area (Å²) in [5.74, 6) is -0.272. The SMILES string of the molecule is CC(C)(C)OC(=O)CCCN=O. The normalized spacial score (nSPS) is 10.9. The number of hydrogen-bond acceptors (Lipinski definition) is 4. The molecule has 0 aliphatic heterocycles. The third-order valence-electron chi connectivity index (χ3n) is 1.05. The van der Waals surface area contributed by atoms with E-state index < -0.39 is 5.60 Å². The number of carbonyl (C=O) groups excluding carboxylic acids is 1. The number of ether oxygens (including phenoxy) is 1. The van der Waals surface area contributed by atoms with Crippen LogP contribution in [0.1, 0.15) is 33.6 Å². The van der Waals surface area contributed by atoms with E-state index in [1.165, 1.54) is 0 Å². The van der Waals surface area contributed by atoms with Crippen molar-refractivity contribution >= 4 is 5.97 Å². The van der Waals surface area contributed by atoms with E-state index in [4.69, 9.17) is 4.74 Å². The molecule has 0 aromatic rings. The quantitative estimate of drug-likeness (QED) is 0.370. The summed E-state index contributed by atoms with van der Waals surface area (Å²) in [7, 11) is 0. The van der Waals surface area contributed by atoms with E-state index in [2.05, 4.69) is 5.18 Å². The fraction of sp³-hybridized carbons (Fsp3) is 0.875. The van der Waals surface area contributed by atoms with Gasteiger partial charge in [-0.3, -0.25) is 4.79 Å². The Morgan fingerprint density at radius 3 is 2.42 bits per heavy atom. The molecule has 4 heteroatoms. The number of nitroso groups, excluding NO2 is 1. The van der Waals surface area contributed by atoms with Gasteiger partial charge in [-0.1, -0.05) is 5.18 Å². The Labute approximate surface area is 72.3 Å². The molecule has 0 bridgehead atoms. The van der Waals surface area contributed by atoms with E-state index in [9.17, 15) is 9.70 Å². The van der Waals surface area contributed by atoms with Crippen molar-refractivity contribution in [2.24, 2.45) is 5.18 Å². The molecule has 0 atom stereocenters. The number of hydrogen-bond donors (Lipinski definition) is 0. The molecule has 0 aliphatic carbocycles. The second-order valence-electron chi connectivity index (χ2n) is 3.54. The Hall–Kier alpha value is -0.930. The lowest BCUT2D eigenvalue weighted by Gasteiger charge is -2.19. The standard InChI is InChI=1S/C8H15NO3/c1-8(2,3)12-7(10)5-4-6-9-11/h4-6H2,1-3H3. The Morgan fingerprint density at radius 1 is 1.42 bits per heavy atom. The van der Waals surface area contributed by atoms with Crippen molar-refractivity contribution in [2.75, 3.05) is 6.54 Å². The lowest BCUT2D eigenvalue weighted by Crippen LogP contribution is -2.23. The van der Waals surface area contributed by atoms with Crippen LogP contribution < -0.4 is 0 Å². The third-order valence-corrected chi connectivity index (χ3v) is 1.05. The van der Waals surface area contributed by atoms with Crippen molar-refractivity contribution in [3.63, 3.8) is 0 Å². The summed E-state index contributed by atoms with van der Waals surface area (Å²) >= 11 is 0. The van der Waals surface area contributed by atoms with Crippen molar-refractivity contribution in [3.05, 3.63) is 4.91 Å². The first-order valence-corrected chi connectivity index (χ1v) is 3.96. The number of rotatable bonds is 4. The van der Waals surface area contributed by atoms with Gasteiger partial charge in [0.05, 0.1) is 6.54 Å². The Kier molecular flexibility index (Phi) is 4.47. The van der Waals surface area contributed by atoms with E-state index in [0.29, 0.717) is 6.42 Å². The van der Waals surface area contributed by atoms with Crippen LogP contribution in [0.3, 0.4) is 0 Å². The molecule has 0 aliphatic rings. The molecule has 0 aromatic heterocycles. The highest BCUT2D eigenvalue weighted by Crippen LogP contribution is 2.08. The minimum Gasteiger partial charge on any atom is -0.460 e. The van der Waals surface area contributed by atoms with Gasteiger partial charge in [0.1, 0.15) is 5.60 Å². The first-order valence-electron chi connectivity index (χ1n) is 3.96. The van der Waals surface area contributed by atoms with Crippen molar-refractivity contribution in [1.29, 1.82) is 0 Å². The van der Waals surface area contributed by atoms with E-state index >= 15 is 0 Å². The van der Waals surface area contributed by atoms with Crippen LogP contribution in [0.4, 0.5) is 0 Å². The summed E-state index contributed by atoms with van der Waals surface area (Å²) in [6.45, 7) is 5.61. The molecule has 0 saturated heterocycles. The molecular formula is C8H15NO3. The van der Waals surface area contributed by atoms with E-state index in [0.717, 1.165) is 0 Å². The number of nitrogens with zero attached hydrogens (tertiary/aromatic N) is 1. The van der Waals surface area contributed by atoms with Gasteiger partial charge >= 0.3 is 5.97 Å². The van der Waals surface area contributed by atoms with Crippen LogP contribution in [0.15, 0.2) is 5.18 Å². The number of esters is 1. The first kappa shape index (κ1) is 11.1. The summed E-state index contributed by atoms with van der Waals surface area (Å²) in [6, 6.07) is 0. The highest BCUT2D eigenvalue weighted by atomic mass is 16.6. The van der Waals surface area contributed by atoms with Gasteiger partial charge in [0.25, 0.3) is 0 Å². The maximum Gasteiger partial charge on any atom is 0.306 e. The Morgan fingerprint density at radius 2 is 2.00 bits per heavy atom. The van der Waals surface area contributed by atoms with Crippen LogP contribution in [-0.2, 0) is 9.53 Å². The van der Waals surface area contributed by atoms with Crippen molar-refractivity contribution in [3.8, 4) is 0 Å². The topological polar surface area (TPSA) is 55.7 Å². The first-order chi connectivity index (χ1) is 5.45. The van der Waals surface area contributed by atoms with Gasteiger partial charge < -0.3 is 4.74 Å². The fourth-order valence-corrected chi connectivity index (χ4v) is 0.680. The zero-order chi connectivity index (χ0) is 9.61. The van der Waals surface area contributed by atoms with Crippen molar-refractivity contribution in [2.45, 2.75) is 39.2 Å². The molecule has 0 aromatic carbocycles. The molecule has 0 saturated carbocycles. The summed E-state index contributed by atoms with van der Waals surface area (Å²) in [6.07, 6.45) is 0.738. The molecule has 0 radical (unpaired) electrons. The largest absolute Gasteiger partial charge is 0.460 e. The molecule has 4 nitrogen and oxygen atoms in total. The van der Waals surface area contributed by atoms with Crippen LogP contribution >= 0.6 is 0 Å². The van der Waals surface area contributed by atoms with Gasteiger partial charge in [0.2, 0.25) is 0 Å². The predicted molar refractivity (Wildman–Crippen MR) is 45.7 cm³/mol. The number of carbonyl (C=O) groups is 1. The molecule has 0 N–H and O–H groups in total. The van der Waals surface area contributed by atoms with Crippen LogP contribution in [0.2, 0.25) is 0 Å². The monoisotopic (exact) mass is 173 g/mol. The van der Waals surface area contributed by atoms with Crippen molar-refractivity contribution in [1.82, 2.24) is 0 Å². The zero-order valence-corrected chi connectivity index (χ0v) is 7.79. The average molecular weight is 173 g/mol. The fourth-order valence-electron chi connectivity index (χ4n) is 0.680. The molecule has 0 spiro atoms. The molecular weight excluding hydrogens is 158 g/mol. The van der Waals surface area contributed by atoms with Gasteiger partial charge in [-0.2, -0.15) is 4.91 Å². The minimum absolute atomic E-state index is 0.180. The summed E-state index contributed by atoms with van der Waals surface area (Å²) in [5.41, 5.74) is -0.439. The van der Waals surface area contributed by atoms with Gasteiger partial charge in [-0.25, -0.2) is 0 Å². The van der Waals surface area contributed by atoms with Crippen molar-refractivity contribution < 1.29 is 9.53 Å². The van der Waals surface area contributed by atoms with Crippen LogP contribution in [0.25, 0.3) is 0 Å². The van der Waals surface area contributed by atoms with E-state index in [1.54, 1.807) is 0 Å². The summed E-state index contributed by atoms with van der Waals surface area (Å²) in [4.78, 5) is 20.6. The minimum atomic E-state index is -0.439. The molecule has 70 valence electrons. The lowest BCUT2D eigenvalue weighted by molar-refractivity contribution is -0.154. The average Bonchev–Trinajstić information content (AvgIpc) is 1.84. The second-order valence-corrected chi connectivity index (χ2v) is 3.54. The molecule has 0 unspecified atom stereocenters. The zero-order valence-electron chi connectivity index (χ0n) is 7.79.